The van der Waals surface area contributed by atoms with Crippen LogP contribution in [0.15, 0.2) is 48.8 Å². The quantitative estimate of drug-likeness (QED) is 0.265. The van der Waals surface area contributed by atoms with Crippen molar-refractivity contribution in [1.82, 2.24) is 14.6 Å². The molecule has 6 atom stereocenters. The van der Waals surface area contributed by atoms with Crippen LogP contribution in [0.4, 0.5) is 5.82 Å². The second-order valence-corrected chi connectivity index (χ2v) is 10.5. The number of aliphatic hydroxyl groups is 2. The highest BCUT2D eigenvalue weighted by Crippen LogP contribution is 2.51. The molecule has 0 aliphatic carbocycles. The second kappa shape index (κ2) is 10.5. The molecule has 3 heterocycles. The predicted molar refractivity (Wildman–Crippen MR) is 128 cm³/mol. The molecule has 0 spiro atoms. The maximum Gasteiger partial charge on any atom is 0.380 e. The zero-order chi connectivity index (χ0) is 26.8. The first-order chi connectivity index (χ1) is 17.6. The minimum Gasteiger partial charge on any atom is -0.469 e. The van der Waals surface area contributed by atoms with E-state index in [4.69, 9.17) is 24.3 Å². The molecule has 0 saturated carbocycles. The third kappa shape index (κ3) is 5.02. The van der Waals surface area contributed by atoms with Gasteiger partial charge in [-0.15, -0.1) is 0 Å². The van der Waals surface area contributed by atoms with Gasteiger partial charge in [-0.1, -0.05) is 25.1 Å². The molecule has 1 aliphatic heterocycles. The number of esters is 1. The van der Waals surface area contributed by atoms with Crippen molar-refractivity contribution in [2.75, 3.05) is 25.6 Å². The first kappa shape index (κ1) is 26.5. The van der Waals surface area contributed by atoms with Crippen LogP contribution in [0.1, 0.15) is 12.6 Å². The van der Waals surface area contributed by atoms with Gasteiger partial charge in [-0.3, -0.25) is 9.32 Å². The van der Waals surface area contributed by atoms with Gasteiger partial charge in [-0.25, -0.2) is 14.1 Å². The highest BCUT2D eigenvalue weighted by molar-refractivity contribution is 7.54. The van der Waals surface area contributed by atoms with Crippen molar-refractivity contribution in [1.29, 1.82) is 5.26 Å². The van der Waals surface area contributed by atoms with E-state index < -0.39 is 50.0 Å². The maximum absolute atomic E-state index is 13.7. The van der Waals surface area contributed by atoms with Crippen LogP contribution in [-0.2, 0) is 29.0 Å². The van der Waals surface area contributed by atoms with E-state index in [1.54, 1.807) is 36.4 Å². The molecule has 2 aromatic heterocycles. The van der Waals surface area contributed by atoms with Gasteiger partial charge >= 0.3 is 13.6 Å². The Bertz CT molecular complexity index is 1360. The van der Waals surface area contributed by atoms with Gasteiger partial charge in [-0.2, -0.15) is 10.4 Å². The second-order valence-electron chi connectivity index (χ2n) is 8.52. The van der Waals surface area contributed by atoms with Crippen LogP contribution in [0, 0.1) is 17.2 Å². The fourth-order valence-corrected chi connectivity index (χ4v) is 5.98. The van der Waals surface area contributed by atoms with Gasteiger partial charge in [-0.05, 0) is 24.3 Å². The van der Waals surface area contributed by atoms with Gasteiger partial charge in [0.1, 0.15) is 42.0 Å². The van der Waals surface area contributed by atoms with Crippen molar-refractivity contribution in [3.05, 3.63) is 54.5 Å². The van der Waals surface area contributed by atoms with Gasteiger partial charge < -0.3 is 29.9 Å². The van der Waals surface area contributed by atoms with Crippen molar-refractivity contribution in [2.24, 2.45) is 5.92 Å². The van der Waals surface area contributed by atoms with Crippen molar-refractivity contribution < 1.29 is 38.1 Å². The van der Waals surface area contributed by atoms with E-state index in [-0.39, 0.29) is 23.4 Å². The van der Waals surface area contributed by atoms with Crippen LogP contribution in [-0.4, -0.2) is 69.0 Å². The fourth-order valence-electron chi connectivity index (χ4n) is 4.11. The molecule has 1 aromatic carbocycles. The van der Waals surface area contributed by atoms with Gasteiger partial charge in [0.15, 0.2) is 5.82 Å². The highest BCUT2D eigenvalue weighted by atomic mass is 31.2. The molecule has 196 valence electrons. The Kier molecular flexibility index (Phi) is 7.49. The molecule has 0 bridgehead atoms. The first-order valence-corrected chi connectivity index (χ1v) is 13.0. The lowest BCUT2D eigenvalue weighted by Gasteiger charge is -2.25. The fraction of sp³-hybridized carbons (Fsp3) is 0.391. The van der Waals surface area contributed by atoms with Gasteiger partial charge in [0.25, 0.3) is 0 Å². The Labute approximate surface area is 211 Å². The molecule has 1 saturated heterocycles. The lowest BCUT2D eigenvalue weighted by atomic mass is 9.92. The molecule has 0 radical (unpaired) electrons. The van der Waals surface area contributed by atoms with Crippen molar-refractivity contribution in [3.8, 4) is 11.8 Å². The third-order valence-electron chi connectivity index (χ3n) is 6.01. The monoisotopic (exact) mass is 531 g/mol. The van der Waals surface area contributed by atoms with E-state index >= 15 is 0 Å². The van der Waals surface area contributed by atoms with Crippen LogP contribution in [0.2, 0.25) is 0 Å². The number of methoxy groups -OCH3 is 1. The van der Waals surface area contributed by atoms with Crippen LogP contribution in [0.25, 0.3) is 5.52 Å². The van der Waals surface area contributed by atoms with E-state index in [0.29, 0.717) is 5.52 Å². The standard InChI is InChI=1S/C23H26N5O8P/c1-14(22(31)33-2)11-37(32,36-15-6-4-3-5-7-15)34-10-17-19(29)20(30)23(12-24,35-17)18-9-8-16-21(25)26-13-27-28(16)18/h3-9,13-14,17,19-20,29-30H,10-11H2,1-2H3,(H2,25,26,27)/t14-,17-,19-,20-,23+,37+/m1/s1. The molecular formula is C23H26N5O8P. The molecule has 4 N–H and O–H groups in total. The molecule has 0 amide bonds. The normalized spacial score (nSPS) is 25.8. The number of fused-ring (bicyclic) bond motifs is 1. The van der Waals surface area contributed by atoms with E-state index in [1.807, 2.05) is 6.07 Å². The molecule has 1 aliphatic rings. The summed E-state index contributed by atoms with van der Waals surface area (Å²) < 4.78 is 36.8. The molecule has 37 heavy (non-hydrogen) atoms. The number of anilines is 1. The first-order valence-electron chi connectivity index (χ1n) is 11.2. The molecular weight excluding hydrogens is 505 g/mol. The van der Waals surface area contributed by atoms with Crippen LogP contribution < -0.4 is 10.3 Å². The van der Waals surface area contributed by atoms with Crippen LogP contribution >= 0.6 is 7.60 Å². The SMILES string of the molecule is COC(=O)[C@H](C)C[P@](=O)(OC[C@H]1O[C@@](C#N)(c2ccc3c(N)ncnn23)[C@H](O)[C@@H]1O)Oc1ccccc1. The maximum atomic E-state index is 13.7. The molecule has 13 nitrogen and oxygen atoms in total. The average molecular weight is 531 g/mol. The number of aromatic nitrogens is 3. The van der Waals surface area contributed by atoms with E-state index in [2.05, 4.69) is 10.1 Å². The Morgan fingerprint density at radius 2 is 2.05 bits per heavy atom. The molecule has 3 aromatic rings. The van der Waals surface area contributed by atoms with E-state index in [9.17, 15) is 24.8 Å². The smallest absolute Gasteiger partial charge is 0.380 e. The minimum atomic E-state index is -4.02. The summed E-state index contributed by atoms with van der Waals surface area (Å²) in [5.41, 5.74) is 4.29. The number of nitrogens with zero attached hydrogens (tertiary/aromatic N) is 4. The number of hydrogen-bond donors (Lipinski definition) is 3. The number of rotatable bonds is 9. The summed E-state index contributed by atoms with van der Waals surface area (Å²) in [5, 5.41) is 35.8. The zero-order valence-corrected chi connectivity index (χ0v) is 20.9. The number of hydrogen-bond acceptors (Lipinski definition) is 12. The molecule has 14 heteroatoms. The molecule has 0 unspecified atom stereocenters. The number of nitrogens with two attached hydrogens (primary N) is 1. The zero-order valence-electron chi connectivity index (χ0n) is 20.0. The summed E-state index contributed by atoms with van der Waals surface area (Å²) in [6, 6.07) is 13.2. The topological polar surface area (TPSA) is 192 Å². The van der Waals surface area contributed by atoms with Gasteiger partial charge in [0.05, 0.1) is 31.5 Å². The summed E-state index contributed by atoms with van der Waals surface area (Å²) in [4.78, 5) is 15.9. The summed E-state index contributed by atoms with van der Waals surface area (Å²) in [7, 11) is -2.81. The van der Waals surface area contributed by atoms with Gasteiger partial charge in [0, 0.05) is 0 Å². The summed E-state index contributed by atoms with van der Waals surface area (Å²) in [6.07, 6.45) is -3.77. The van der Waals surface area contributed by atoms with Crippen molar-refractivity contribution in [2.45, 2.75) is 30.8 Å². The van der Waals surface area contributed by atoms with Crippen molar-refractivity contribution in [3.63, 3.8) is 0 Å². The Morgan fingerprint density at radius 3 is 2.73 bits per heavy atom. The van der Waals surface area contributed by atoms with Crippen molar-refractivity contribution >= 4 is 24.9 Å². The number of aliphatic hydroxyl groups excluding tert-OH is 2. The number of nitriles is 1. The summed E-state index contributed by atoms with van der Waals surface area (Å²) in [5.74, 6) is -1.08. The van der Waals surface area contributed by atoms with Gasteiger partial charge in [0.2, 0.25) is 5.60 Å². The number of carbonyl (C=O) groups is 1. The highest BCUT2D eigenvalue weighted by Gasteiger charge is 2.58. The van der Waals surface area contributed by atoms with Crippen LogP contribution in [0.5, 0.6) is 5.75 Å². The van der Waals surface area contributed by atoms with E-state index in [0.717, 1.165) is 0 Å². The summed E-state index contributed by atoms with van der Waals surface area (Å²) >= 11 is 0. The number of para-hydroxylation sites is 1. The molecule has 4 rings (SSSR count). The minimum absolute atomic E-state index is 0.108. The summed E-state index contributed by atoms with van der Waals surface area (Å²) in [6.45, 7) is 0.979. The third-order valence-corrected chi connectivity index (χ3v) is 8.04. The number of nitrogen functional groups attached to an aromatic ring is 1. The Hall–Kier alpha value is -3.53. The average Bonchev–Trinajstić information content (AvgIpc) is 3.43. The number of carbonyl (C=O) groups excluding carboxylic acids is 1. The largest absolute Gasteiger partial charge is 0.469 e. The van der Waals surface area contributed by atoms with E-state index in [1.165, 1.54) is 30.9 Å². The predicted octanol–water partition coefficient (Wildman–Crippen LogP) is 1.25. The Balaban J connectivity index is 1.59. The molecule has 1 fully saturated rings. The van der Waals surface area contributed by atoms with Crippen LogP contribution in [0.3, 0.4) is 0 Å². The number of ether oxygens (including phenoxy) is 2. The lowest BCUT2D eigenvalue weighted by Crippen LogP contribution is -2.41. The lowest BCUT2D eigenvalue weighted by molar-refractivity contribution is -0.144. The Morgan fingerprint density at radius 1 is 1.32 bits per heavy atom. The number of benzene rings is 1.